The Labute approximate surface area is 138 Å². The van der Waals surface area contributed by atoms with Crippen molar-refractivity contribution < 1.29 is 9.90 Å². The molecule has 1 amide bonds. The molecule has 0 fully saturated rings. The molecule has 3 rings (SSSR count). The van der Waals surface area contributed by atoms with Crippen molar-refractivity contribution in [3.05, 3.63) is 64.2 Å². The van der Waals surface area contributed by atoms with Gasteiger partial charge in [0.15, 0.2) is 0 Å². The highest BCUT2D eigenvalue weighted by atomic mass is 16.3. The number of hydrogen-bond donors (Lipinski definition) is 3. The summed E-state index contributed by atoms with van der Waals surface area (Å²) in [6.45, 7) is 0.0615. The highest BCUT2D eigenvalue weighted by molar-refractivity contribution is 6.06. The first-order valence-electron chi connectivity index (χ1n) is 7.64. The number of rotatable bonds is 5. The zero-order chi connectivity index (χ0) is 17.1. The minimum atomic E-state index is -0.697. The fourth-order valence-electron chi connectivity index (χ4n) is 2.73. The van der Waals surface area contributed by atoms with Crippen LogP contribution in [0, 0.1) is 0 Å². The van der Waals surface area contributed by atoms with Gasteiger partial charge in [-0.25, -0.2) is 4.98 Å². The van der Waals surface area contributed by atoms with E-state index in [9.17, 15) is 9.59 Å². The number of aromatic nitrogens is 2. The zero-order valence-electron chi connectivity index (χ0n) is 13.0. The van der Waals surface area contributed by atoms with Crippen LogP contribution in [0.2, 0.25) is 0 Å². The second-order valence-corrected chi connectivity index (χ2v) is 5.46. The van der Waals surface area contributed by atoms with E-state index in [4.69, 9.17) is 10.8 Å². The molecule has 6 heteroatoms. The van der Waals surface area contributed by atoms with Crippen molar-refractivity contribution in [3.63, 3.8) is 0 Å². The van der Waals surface area contributed by atoms with Gasteiger partial charge in [0.05, 0.1) is 0 Å². The number of aryl methyl sites for hydroxylation is 1. The number of aliphatic hydroxyl groups is 1. The van der Waals surface area contributed by atoms with E-state index < -0.39 is 11.5 Å². The lowest BCUT2D eigenvalue weighted by Gasteiger charge is -2.11. The zero-order valence-corrected chi connectivity index (χ0v) is 13.0. The number of hydrogen-bond acceptors (Lipinski definition) is 4. The summed E-state index contributed by atoms with van der Waals surface area (Å²) in [6, 6.07) is 12.8. The molecule has 0 unspecified atom stereocenters. The average molecular weight is 323 g/mol. The van der Waals surface area contributed by atoms with Gasteiger partial charge in [0.2, 0.25) is 0 Å². The number of aromatic amines is 1. The maximum absolute atomic E-state index is 12.3. The summed E-state index contributed by atoms with van der Waals surface area (Å²) in [5, 5.41) is 9.51. The number of aliphatic hydroxyl groups excluding tert-OH is 1. The molecule has 0 aliphatic carbocycles. The van der Waals surface area contributed by atoms with Crippen molar-refractivity contribution in [1.82, 2.24) is 9.97 Å². The number of carbonyl (C=O) groups is 1. The molecular formula is C18H17N3O3. The summed E-state index contributed by atoms with van der Waals surface area (Å²) >= 11 is 0. The average Bonchev–Trinajstić information content (AvgIpc) is 2.60. The van der Waals surface area contributed by atoms with Crippen molar-refractivity contribution in [2.45, 2.75) is 12.8 Å². The molecule has 1 aromatic carbocycles. The monoisotopic (exact) mass is 323 g/mol. The molecule has 0 aliphatic heterocycles. The topological polar surface area (TPSA) is 109 Å². The Morgan fingerprint density at radius 3 is 2.58 bits per heavy atom. The first kappa shape index (κ1) is 15.9. The third-order valence-electron chi connectivity index (χ3n) is 3.83. The third kappa shape index (κ3) is 2.91. The molecule has 4 N–H and O–H groups in total. The van der Waals surface area contributed by atoms with E-state index in [0.29, 0.717) is 29.5 Å². The predicted molar refractivity (Wildman–Crippen MR) is 91.7 cm³/mol. The van der Waals surface area contributed by atoms with Crippen LogP contribution >= 0.6 is 0 Å². The quantitative estimate of drug-likeness (QED) is 0.662. The molecule has 2 heterocycles. The molecule has 0 atom stereocenters. The van der Waals surface area contributed by atoms with Gasteiger partial charge in [0, 0.05) is 23.3 Å². The molecule has 0 saturated heterocycles. The largest absolute Gasteiger partial charge is 0.396 e. The summed E-state index contributed by atoms with van der Waals surface area (Å²) in [6.07, 6.45) is 1.14. The van der Waals surface area contributed by atoms with E-state index in [1.807, 2.05) is 30.3 Å². The van der Waals surface area contributed by atoms with Crippen LogP contribution in [0.4, 0.5) is 0 Å². The van der Waals surface area contributed by atoms with Crippen LogP contribution in [-0.4, -0.2) is 27.6 Å². The van der Waals surface area contributed by atoms with Gasteiger partial charge < -0.3 is 15.8 Å². The van der Waals surface area contributed by atoms with Gasteiger partial charge >= 0.3 is 0 Å². The van der Waals surface area contributed by atoms with Crippen molar-refractivity contribution in [2.75, 3.05) is 6.61 Å². The molecule has 0 bridgehead atoms. The van der Waals surface area contributed by atoms with E-state index in [-0.39, 0.29) is 17.8 Å². The van der Waals surface area contributed by atoms with Gasteiger partial charge in [-0.05, 0) is 24.5 Å². The number of nitrogens with two attached hydrogens (primary N) is 1. The van der Waals surface area contributed by atoms with Gasteiger partial charge in [-0.15, -0.1) is 0 Å². The molecule has 3 aromatic rings. The fourth-order valence-corrected chi connectivity index (χ4v) is 2.73. The van der Waals surface area contributed by atoms with Crippen LogP contribution in [0.15, 0.2) is 47.3 Å². The van der Waals surface area contributed by atoms with Crippen LogP contribution in [-0.2, 0) is 6.42 Å². The number of pyridine rings is 2. The maximum Gasteiger partial charge on any atom is 0.275 e. The summed E-state index contributed by atoms with van der Waals surface area (Å²) in [5.74, 6) is -0.697. The van der Waals surface area contributed by atoms with Crippen LogP contribution in [0.5, 0.6) is 0 Å². The Bertz CT molecular complexity index is 949. The minimum absolute atomic E-state index is 0.0615. The van der Waals surface area contributed by atoms with Gasteiger partial charge in [-0.1, -0.05) is 36.4 Å². The lowest BCUT2D eigenvalue weighted by molar-refractivity contribution is 0.0996. The number of nitrogens with zero attached hydrogens (tertiary/aromatic N) is 1. The van der Waals surface area contributed by atoms with Crippen LogP contribution in [0.1, 0.15) is 22.6 Å². The van der Waals surface area contributed by atoms with Gasteiger partial charge in [-0.2, -0.15) is 0 Å². The number of benzene rings is 1. The lowest BCUT2D eigenvalue weighted by Crippen LogP contribution is -2.21. The predicted octanol–water partition coefficient (Wildman–Crippen LogP) is 1.61. The molecule has 0 spiro atoms. The molecule has 0 aliphatic rings. The van der Waals surface area contributed by atoms with E-state index >= 15 is 0 Å². The molecule has 0 saturated carbocycles. The highest BCUT2D eigenvalue weighted by Crippen LogP contribution is 2.28. The van der Waals surface area contributed by atoms with E-state index in [2.05, 4.69) is 9.97 Å². The minimum Gasteiger partial charge on any atom is -0.396 e. The number of H-pyrrole nitrogens is 1. The Kier molecular flexibility index (Phi) is 4.39. The second-order valence-electron chi connectivity index (χ2n) is 5.46. The van der Waals surface area contributed by atoms with Gasteiger partial charge in [-0.3, -0.25) is 9.59 Å². The van der Waals surface area contributed by atoms with Gasteiger partial charge in [0.25, 0.3) is 11.5 Å². The molecular weight excluding hydrogens is 306 g/mol. The van der Waals surface area contributed by atoms with Crippen LogP contribution in [0.25, 0.3) is 22.0 Å². The number of nitrogens with one attached hydrogen (secondary N) is 1. The first-order valence-corrected chi connectivity index (χ1v) is 7.64. The van der Waals surface area contributed by atoms with Crippen LogP contribution < -0.4 is 11.3 Å². The molecule has 6 nitrogen and oxygen atoms in total. The highest BCUT2D eigenvalue weighted by Gasteiger charge is 2.18. The molecule has 2 aromatic heterocycles. The van der Waals surface area contributed by atoms with Crippen molar-refractivity contribution in [3.8, 4) is 11.1 Å². The normalized spacial score (nSPS) is 10.9. The van der Waals surface area contributed by atoms with Crippen molar-refractivity contribution >= 4 is 16.8 Å². The van der Waals surface area contributed by atoms with Crippen LogP contribution in [0.3, 0.4) is 0 Å². The number of amides is 1. The number of fused-ring (bicyclic) bond motifs is 1. The smallest absolute Gasteiger partial charge is 0.275 e. The molecule has 24 heavy (non-hydrogen) atoms. The SMILES string of the molecule is NC(=O)c1[nH]c(=O)c2nc(CCCO)ccc2c1-c1ccccc1. The first-order chi connectivity index (χ1) is 11.6. The summed E-state index contributed by atoms with van der Waals surface area (Å²) in [4.78, 5) is 31.1. The van der Waals surface area contributed by atoms with Crippen molar-refractivity contribution in [2.24, 2.45) is 5.73 Å². The Morgan fingerprint density at radius 2 is 1.92 bits per heavy atom. The summed E-state index contributed by atoms with van der Waals surface area (Å²) < 4.78 is 0. The summed E-state index contributed by atoms with van der Waals surface area (Å²) in [5.41, 5.74) is 7.39. The Hall–Kier alpha value is -2.99. The maximum atomic E-state index is 12.3. The standard InChI is InChI=1S/C18H17N3O3/c19-17(23)16-14(11-5-2-1-3-6-11)13-9-8-12(7-4-10-22)20-15(13)18(24)21-16/h1-3,5-6,8-9,22H,4,7,10H2,(H2,19,23)(H,21,24). The molecule has 0 radical (unpaired) electrons. The molecule has 122 valence electrons. The second kappa shape index (κ2) is 6.64. The fraction of sp³-hybridized carbons (Fsp3) is 0.167. The lowest BCUT2D eigenvalue weighted by atomic mass is 9.98. The summed E-state index contributed by atoms with van der Waals surface area (Å²) in [7, 11) is 0. The Morgan fingerprint density at radius 1 is 1.17 bits per heavy atom. The van der Waals surface area contributed by atoms with Crippen molar-refractivity contribution in [1.29, 1.82) is 0 Å². The van der Waals surface area contributed by atoms with Gasteiger partial charge in [0.1, 0.15) is 11.2 Å². The third-order valence-corrected chi connectivity index (χ3v) is 3.83. The van der Waals surface area contributed by atoms with E-state index in [0.717, 1.165) is 5.56 Å². The Balaban J connectivity index is 2.31. The number of primary amides is 1. The van der Waals surface area contributed by atoms with E-state index in [1.54, 1.807) is 12.1 Å². The number of carbonyl (C=O) groups excluding carboxylic acids is 1. The van der Waals surface area contributed by atoms with E-state index in [1.165, 1.54) is 0 Å².